The molecule has 292 valence electrons. The van der Waals surface area contributed by atoms with Gasteiger partial charge in [-0.1, -0.05) is 170 Å². The van der Waals surface area contributed by atoms with Crippen molar-refractivity contribution < 1.29 is 0 Å². The van der Waals surface area contributed by atoms with Crippen LogP contribution in [0.3, 0.4) is 0 Å². The van der Waals surface area contributed by atoms with Crippen LogP contribution >= 0.6 is 0 Å². The third-order valence-corrected chi connectivity index (χ3v) is 10.7. The van der Waals surface area contributed by atoms with E-state index in [9.17, 15) is 0 Å². The minimum absolute atomic E-state index is 0.0760. The third-order valence-electron chi connectivity index (χ3n) is 10.7. The first-order valence-electron chi connectivity index (χ1n) is 20.4. The first kappa shape index (κ1) is 39.6. The van der Waals surface area contributed by atoms with E-state index in [1.807, 2.05) is 56.3 Å². The Morgan fingerprint density at radius 1 is 0.914 bits per heavy atom. The van der Waals surface area contributed by atoms with E-state index in [-0.39, 0.29) is 30.2 Å². The zero-order valence-corrected chi connectivity index (χ0v) is 33.5. The largest absolute Gasteiger partial charge is 0.383 e. The van der Waals surface area contributed by atoms with Gasteiger partial charge in [0.2, 0.25) is 0 Å². The maximum Gasteiger partial charge on any atom is 0.134 e. The van der Waals surface area contributed by atoms with Crippen LogP contribution in [-0.2, 0) is 0 Å². The first-order chi connectivity index (χ1) is 28.5. The molecule has 3 aromatic carbocycles. The highest BCUT2D eigenvalue weighted by atomic mass is 15.3. The average molecular weight is 764 g/mol. The molecule has 7 heteroatoms. The van der Waals surface area contributed by atoms with Crippen molar-refractivity contribution in [1.29, 1.82) is 0 Å². The molecule has 5 atom stereocenters. The van der Waals surface area contributed by atoms with Crippen molar-refractivity contribution in [2.45, 2.75) is 69.7 Å². The SMILES string of the molecule is C=CC(=C\CC[C@@H]1C=C(c2ccc(C3=NC4C=CC=CC4N3C3C=CC=CCC3)cc2)N=C(c2ccccc2)N1)/C(/C=C/[C@H](C)/N=C\N=C(/N)c1ccccc1)=C/C. The number of amidine groups is 3. The van der Waals surface area contributed by atoms with Gasteiger partial charge >= 0.3 is 0 Å². The Morgan fingerprint density at radius 2 is 1.66 bits per heavy atom. The van der Waals surface area contributed by atoms with Crippen molar-refractivity contribution in [2.24, 2.45) is 25.7 Å². The number of hydrogen-bond acceptors (Lipinski definition) is 5. The predicted octanol–water partition coefficient (Wildman–Crippen LogP) is 9.86. The molecular formula is C51H53N7. The van der Waals surface area contributed by atoms with Crippen LogP contribution in [0.2, 0.25) is 0 Å². The normalized spacial score (nSPS) is 22.7. The lowest BCUT2D eigenvalue weighted by atomic mass is 9.98. The third kappa shape index (κ3) is 9.85. The molecule has 0 fully saturated rings. The standard InChI is InChI=1S/C51H53N7/c1-4-38(39(5-2)30-29-37(3)53-36-54-49(52)41-19-10-8-11-20-41)23-18-24-44-35-47(56-50(55-44)42-21-12-9-13-22-42)40-31-33-43(34-32-40)51-57-46-27-16-17-28-48(46)58(51)45-25-14-6-7-15-26-45/h4-14,16-17,19-23,25,27-37,44-46,48H,1,15,18,24,26H2,2-3H3,(H,55,56)(H2,52,53,54)/b30-29+,38-23+,39-5+/t37-,44+,45?,46?,48?/m0/s1. The molecule has 0 saturated carbocycles. The number of fused-ring (bicyclic) bond motifs is 1. The molecule has 0 radical (unpaired) electrons. The maximum atomic E-state index is 6.12. The molecule has 7 nitrogen and oxygen atoms in total. The van der Waals surface area contributed by atoms with E-state index in [1.165, 1.54) is 6.34 Å². The van der Waals surface area contributed by atoms with Crippen molar-refractivity contribution in [3.8, 4) is 0 Å². The van der Waals surface area contributed by atoms with Crippen LogP contribution in [0.4, 0.5) is 0 Å². The van der Waals surface area contributed by atoms with Crippen LogP contribution in [0.1, 0.15) is 61.8 Å². The van der Waals surface area contributed by atoms with E-state index in [0.29, 0.717) is 5.84 Å². The lowest BCUT2D eigenvalue weighted by molar-refractivity contribution is 0.308. The zero-order valence-electron chi connectivity index (χ0n) is 33.5. The highest BCUT2D eigenvalue weighted by Gasteiger charge is 2.38. The molecule has 0 amide bonds. The van der Waals surface area contributed by atoms with Crippen molar-refractivity contribution in [3.05, 3.63) is 210 Å². The van der Waals surface area contributed by atoms with Crippen LogP contribution in [0.25, 0.3) is 5.70 Å². The van der Waals surface area contributed by atoms with Crippen molar-refractivity contribution in [2.75, 3.05) is 0 Å². The second-order valence-corrected chi connectivity index (χ2v) is 14.7. The van der Waals surface area contributed by atoms with Crippen LogP contribution in [0.15, 0.2) is 208 Å². The monoisotopic (exact) mass is 763 g/mol. The van der Waals surface area contributed by atoms with E-state index < -0.39 is 0 Å². The molecule has 2 aliphatic carbocycles. The van der Waals surface area contributed by atoms with E-state index >= 15 is 0 Å². The number of allylic oxidation sites excluding steroid dienone is 11. The lowest BCUT2D eigenvalue weighted by Gasteiger charge is -2.34. The maximum absolute atomic E-state index is 6.12. The molecule has 3 aromatic rings. The summed E-state index contributed by atoms with van der Waals surface area (Å²) in [7, 11) is 0. The minimum Gasteiger partial charge on any atom is -0.383 e. The van der Waals surface area contributed by atoms with Gasteiger partial charge in [0, 0.05) is 22.7 Å². The number of nitrogens with two attached hydrogens (primary N) is 1. The summed E-state index contributed by atoms with van der Waals surface area (Å²) in [5.74, 6) is 2.38. The fraction of sp³-hybridized carbons (Fsp3) is 0.216. The number of benzene rings is 3. The van der Waals surface area contributed by atoms with Crippen LogP contribution in [-0.4, -0.2) is 59.0 Å². The molecule has 3 N–H and O–H groups in total. The average Bonchev–Trinajstić information content (AvgIpc) is 3.45. The quantitative estimate of drug-likeness (QED) is 0.0974. The Morgan fingerprint density at radius 3 is 2.43 bits per heavy atom. The summed E-state index contributed by atoms with van der Waals surface area (Å²) in [5, 5.41) is 3.72. The van der Waals surface area contributed by atoms with Crippen molar-refractivity contribution in [1.82, 2.24) is 10.2 Å². The number of hydrogen-bond donors (Lipinski definition) is 2. The summed E-state index contributed by atoms with van der Waals surface area (Å²) < 4.78 is 0. The second-order valence-electron chi connectivity index (χ2n) is 14.7. The summed E-state index contributed by atoms with van der Waals surface area (Å²) in [6.45, 7) is 8.21. The van der Waals surface area contributed by atoms with Crippen molar-refractivity contribution in [3.63, 3.8) is 0 Å². The summed E-state index contributed by atoms with van der Waals surface area (Å²) in [6.07, 6.45) is 35.8. The number of aliphatic imine (C=N–C) groups is 4. The molecule has 0 spiro atoms. The topological polar surface area (TPSA) is 90.7 Å². The Labute approximate surface area is 344 Å². The van der Waals surface area contributed by atoms with Crippen LogP contribution in [0.5, 0.6) is 0 Å². The molecule has 3 unspecified atom stereocenters. The molecule has 0 saturated heterocycles. The number of rotatable bonds is 14. The molecule has 7 rings (SSSR count). The van der Waals surface area contributed by atoms with Gasteiger partial charge in [-0.25, -0.2) is 9.98 Å². The van der Waals surface area contributed by atoms with Gasteiger partial charge < -0.3 is 16.0 Å². The number of nitrogens with one attached hydrogen (secondary N) is 1. The Bertz CT molecular complexity index is 2280. The van der Waals surface area contributed by atoms with E-state index in [4.69, 9.17) is 15.7 Å². The molecule has 2 aliphatic heterocycles. The van der Waals surface area contributed by atoms with Gasteiger partial charge in [0.15, 0.2) is 0 Å². The Hall–Kier alpha value is -6.60. The molecule has 4 aliphatic rings. The predicted molar refractivity (Wildman–Crippen MR) is 245 cm³/mol. The summed E-state index contributed by atoms with van der Waals surface area (Å²) >= 11 is 0. The Kier molecular flexibility index (Phi) is 13.3. The Balaban J connectivity index is 1.06. The van der Waals surface area contributed by atoms with E-state index in [1.54, 1.807) is 0 Å². The first-order valence-corrected chi connectivity index (χ1v) is 20.4. The molecule has 58 heavy (non-hydrogen) atoms. The zero-order chi connectivity index (χ0) is 40.1. The lowest BCUT2D eigenvalue weighted by Crippen LogP contribution is -2.45. The van der Waals surface area contributed by atoms with E-state index in [2.05, 4.69) is 154 Å². The van der Waals surface area contributed by atoms with Gasteiger partial charge in [-0.2, -0.15) is 0 Å². The minimum atomic E-state index is -0.0760. The fourth-order valence-corrected chi connectivity index (χ4v) is 7.59. The highest BCUT2D eigenvalue weighted by molar-refractivity contribution is 6.04. The molecule has 2 heterocycles. The smallest absolute Gasteiger partial charge is 0.134 e. The van der Waals surface area contributed by atoms with Gasteiger partial charge in [0.05, 0.1) is 29.9 Å². The van der Waals surface area contributed by atoms with Gasteiger partial charge in [-0.05, 0) is 62.3 Å². The van der Waals surface area contributed by atoms with Gasteiger partial charge in [-0.15, -0.1) is 0 Å². The molecular weight excluding hydrogens is 711 g/mol. The van der Waals surface area contributed by atoms with E-state index in [0.717, 1.165) is 76.5 Å². The van der Waals surface area contributed by atoms with Crippen LogP contribution < -0.4 is 11.1 Å². The molecule has 0 bridgehead atoms. The summed E-state index contributed by atoms with van der Waals surface area (Å²) in [4.78, 5) is 21.8. The second kappa shape index (κ2) is 19.5. The highest BCUT2D eigenvalue weighted by Crippen LogP contribution is 2.32. The number of nitrogens with zero attached hydrogens (tertiary/aromatic N) is 5. The summed E-state index contributed by atoms with van der Waals surface area (Å²) in [5.41, 5.74) is 13.4. The fourth-order valence-electron chi connectivity index (χ4n) is 7.59. The molecule has 0 aromatic heterocycles. The van der Waals surface area contributed by atoms with Crippen molar-refractivity contribution >= 4 is 29.5 Å². The van der Waals surface area contributed by atoms with Gasteiger partial charge in [-0.3, -0.25) is 9.98 Å². The van der Waals surface area contributed by atoms with Crippen LogP contribution in [0, 0.1) is 0 Å². The summed E-state index contributed by atoms with van der Waals surface area (Å²) in [6, 6.07) is 29.5. The van der Waals surface area contributed by atoms with Gasteiger partial charge in [0.25, 0.3) is 0 Å². The van der Waals surface area contributed by atoms with Gasteiger partial charge in [0.1, 0.15) is 23.8 Å².